The van der Waals surface area contributed by atoms with Crippen LogP contribution >= 0.6 is 0 Å². The molecule has 0 saturated heterocycles. The second kappa shape index (κ2) is 6.06. The molecule has 0 unspecified atom stereocenters. The van der Waals surface area contributed by atoms with Crippen LogP contribution < -0.4 is 0 Å². The van der Waals surface area contributed by atoms with Crippen LogP contribution in [0.5, 0.6) is 0 Å². The molecule has 0 fully saturated rings. The number of aryl methyl sites for hydroxylation is 2. The second-order valence-electron chi connectivity index (χ2n) is 5.15. The number of sulfone groups is 1. The van der Waals surface area contributed by atoms with Crippen molar-refractivity contribution < 1.29 is 8.42 Å². The van der Waals surface area contributed by atoms with Crippen molar-refractivity contribution in [3.8, 4) is 6.07 Å². The zero-order valence-corrected chi connectivity index (χ0v) is 12.8. The molecule has 5 heteroatoms. The number of pyridine rings is 1. The Morgan fingerprint density at radius 1 is 1.14 bits per heavy atom. The van der Waals surface area contributed by atoms with E-state index in [0.717, 1.165) is 16.7 Å². The molecule has 0 aliphatic heterocycles. The summed E-state index contributed by atoms with van der Waals surface area (Å²) in [5.41, 5.74) is 3.47. The number of aromatic nitrogens is 1. The average Bonchev–Trinajstić information content (AvgIpc) is 2.36. The van der Waals surface area contributed by atoms with Gasteiger partial charge in [0, 0.05) is 11.8 Å². The lowest BCUT2D eigenvalue weighted by Gasteiger charge is -2.07. The summed E-state index contributed by atoms with van der Waals surface area (Å²) in [4.78, 5) is 3.89. The van der Waals surface area contributed by atoms with Crippen molar-refractivity contribution in [2.45, 2.75) is 25.4 Å². The zero-order valence-electron chi connectivity index (χ0n) is 12.0. The van der Waals surface area contributed by atoms with Crippen LogP contribution in [0.2, 0.25) is 0 Å². The Bertz CT molecular complexity index is 785. The molecule has 0 spiro atoms. The molecule has 0 aliphatic rings. The number of rotatable bonds is 4. The SMILES string of the molecule is Cc1cc(C)cc(CS(=O)(=O)Cc2cccnc2C#N)c1. The van der Waals surface area contributed by atoms with E-state index >= 15 is 0 Å². The van der Waals surface area contributed by atoms with Crippen molar-refractivity contribution in [1.29, 1.82) is 5.26 Å². The molecule has 0 atom stereocenters. The highest BCUT2D eigenvalue weighted by molar-refractivity contribution is 7.89. The highest BCUT2D eigenvalue weighted by atomic mass is 32.2. The zero-order chi connectivity index (χ0) is 15.5. The monoisotopic (exact) mass is 300 g/mol. The number of benzene rings is 1. The third-order valence-corrected chi connectivity index (χ3v) is 4.56. The normalized spacial score (nSPS) is 11.1. The molecule has 0 radical (unpaired) electrons. The molecule has 1 aromatic carbocycles. The van der Waals surface area contributed by atoms with Gasteiger partial charge in [-0.1, -0.05) is 35.4 Å². The summed E-state index contributed by atoms with van der Waals surface area (Å²) in [6.07, 6.45) is 1.48. The molecule has 108 valence electrons. The summed E-state index contributed by atoms with van der Waals surface area (Å²) >= 11 is 0. The van der Waals surface area contributed by atoms with E-state index in [1.54, 1.807) is 12.1 Å². The third kappa shape index (κ3) is 4.14. The minimum absolute atomic E-state index is 0.0325. The fourth-order valence-electron chi connectivity index (χ4n) is 2.35. The van der Waals surface area contributed by atoms with Crippen molar-refractivity contribution in [3.63, 3.8) is 0 Å². The van der Waals surface area contributed by atoms with Crippen LogP contribution in [-0.2, 0) is 21.3 Å². The number of nitrogens with zero attached hydrogens (tertiary/aromatic N) is 2. The molecule has 0 amide bonds. The minimum Gasteiger partial charge on any atom is -0.245 e. The van der Waals surface area contributed by atoms with Crippen molar-refractivity contribution in [1.82, 2.24) is 4.98 Å². The molecule has 1 aromatic heterocycles. The summed E-state index contributed by atoms with van der Waals surface area (Å²) in [7, 11) is -3.34. The maximum atomic E-state index is 12.3. The second-order valence-corrected chi connectivity index (χ2v) is 7.22. The Morgan fingerprint density at radius 3 is 2.43 bits per heavy atom. The maximum absolute atomic E-state index is 12.3. The first kappa shape index (κ1) is 15.2. The van der Waals surface area contributed by atoms with Crippen molar-refractivity contribution >= 4 is 9.84 Å². The summed E-state index contributed by atoms with van der Waals surface area (Å²) in [5, 5.41) is 8.97. The van der Waals surface area contributed by atoms with Gasteiger partial charge in [-0.05, 0) is 25.5 Å². The van der Waals surface area contributed by atoms with Crippen LogP contribution in [0.15, 0.2) is 36.5 Å². The Labute approximate surface area is 125 Å². The van der Waals surface area contributed by atoms with Crippen LogP contribution in [0.4, 0.5) is 0 Å². The van der Waals surface area contributed by atoms with E-state index in [1.807, 2.05) is 38.1 Å². The van der Waals surface area contributed by atoms with Gasteiger partial charge < -0.3 is 0 Å². The largest absolute Gasteiger partial charge is 0.245 e. The van der Waals surface area contributed by atoms with Crippen molar-refractivity contribution in [2.75, 3.05) is 0 Å². The summed E-state index contributed by atoms with van der Waals surface area (Å²) < 4.78 is 24.6. The standard InChI is InChI=1S/C16H16N2O2S/c1-12-6-13(2)8-14(7-12)10-21(19,20)11-15-4-3-5-18-16(15)9-17/h3-8H,10-11H2,1-2H3. The van der Waals surface area contributed by atoms with E-state index in [2.05, 4.69) is 4.98 Å². The van der Waals surface area contributed by atoms with Crippen LogP contribution in [0, 0.1) is 25.2 Å². The first-order chi connectivity index (χ1) is 9.89. The Hall–Kier alpha value is -2.19. The van der Waals surface area contributed by atoms with Gasteiger partial charge >= 0.3 is 0 Å². The van der Waals surface area contributed by atoms with E-state index in [1.165, 1.54) is 6.20 Å². The van der Waals surface area contributed by atoms with Gasteiger partial charge in [-0.2, -0.15) is 5.26 Å². The first-order valence-corrected chi connectivity index (χ1v) is 8.33. The highest BCUT2D eigenvalue weighted by Crippen LogP contribution is 2.16. The van der Waals surface area contributed by atoms with Gasteiger partial charge in [-0.15, -0.1) is 0 Å². The number of hydrogen-bond donors (Lipinski definition) is 0. The molecule has 4 nitrogen and oxygen atoms in total. The smallest absolute Gasteiger partial charge is 0.158 e. The predicted octanol–water partition coefficient (Wildman–Crippen LogP) is 2.69. The Kier molecular flexibility index (Phi) is 4.39. The van der Waals surface area contributed by atoms with E-state index in [0.29, 0.717) is 5.56 Å². The lowest BCUT2D eigenvalue weighted by atomic mass is 10.1. The van der Waals surface area contributed by atoms with Crippen molar-refractivity contribution in [2.24, 2.45) is 0 Å². The van der Waals surface area contributed by atoms with Crippen LogP contribution in [0.25, 0.3) is 0 Å². The topological polar surface area (TPSA) is 70.8 Å². The quantitative estimate of drug-likeness (QED) is 0.870. The van der Waals surface area contributed by atoms with Gasteiger partial charge in [0.2, 0.25) is 0 Å². The Morgan fingerprint density at radius 2 is 1.81 bits per heavy atom. The molecule has 0 bridgehead atoms. The van der Waals surface area contributed by atoms with E-state index in [4.69, 9.17) is 5.26 Å². The van der Waals surface area contributed by atoms with Gasteiger partial charge in [0.25, 0.3) is 0 Å². The molecule has 1 heterocycles. The lowest BCUT2D eigenvalue weighted by Crippen LogP contribution is -2.09. The van der Waals surface area contributed by atoms with Crippen LogP contribution in [0.1, 0.15) is 27.9 Å². The molecular formula is C16H16N2O2S. The van der Waals surface area contributed by atoms with Gasteiger partial charge in [0.15, 0.2) is 9.84 Å². The van der Waals surface area contributed by atoms with Crippen LogP contribution in [-0.4, -0.2) is 13.4 Å². The third-order valence-electron chi connectivity index (χ3n) is 3.04. The molecule has 0 aliphatic carbocycles. The predicted molar refractivity (Wildman–Crippen MR) is 81.2 cm³/mol. The van der Waals surface area contributed by atoms with Gasteiger partial charge in [-0.25, -0.2) is 13.4 Å². The summed E-state index contributed by atoms with van der Waals surface area (Å²) in [5.74, 6) is -0.202. The van der Waals surface area contributed by atoms with E-state index < -0.39 is 9.84 Å². The Balaban J connectivity index is 2.25. The van der Waals surface area contributed by atoms with Crippen LogP contribution in [0.3, 0.4) is 0 Å². The van der Waals surface area contributed by atoms with E-state index in [9.17, 15) is 8.42 Å². The fraction of sp³-hybridized carbons (Fsp3) is 0.250. The fourth-order valence-corrected chi connectivity index (χ4v) is 3.83. The van der Waals surface area contributed by atoms with Crippen molar-refractivity contribution in [3.05, 3.63) is 64.5 Å². The molecule has 21 heavy (non-hydrogen) atoms. The molecule has 2 aromatic rings. The van der Waals surface area contributed by atoms with E-state index in [-0.39, 0.29) is 17.2 Å². The minimum atomic E-state index is -3.34. The summed E-state index contributed by atoms with van der Waals surface area (Å²) in [6.45, 7) is 3.88. The van der Waals surface area contributed by atoms with Gasteiger partial charge in [0.1, 0.15) is 11.8 Å². The average molecular weight is 300 g/mol. The molecule has 2 rings (SSSR count). The molecule has 0 saturated carbocycles. The highest BCUT2D eigenvalue weighted by Gasteiger charge is 2.16. The van der Waals surface area contributed by atoms with Gasteiger partial charge in [0.05, 0.1) is 11.5 Å². The molecular weight excluding hydrogens is 284 g/mol. The first-order valence-electron chi connectivity index (χ1n) is 6.51. The lowest BCUT2D eigenvalue weighted by molar-refractivity contribution is 0.594. The number of hydrogen-bond acceptors (Lipinski definition) is 4. The summed E-state index contributed by atoms with van der Waals surface area (Å²) in [6, 6.07) is 10.9. The maximum Gasteiger partial charge on any atom is 0.158 e. The van der Waals surface area contributed by atoms with Gasteiger partial charge in [-0.3, -0.25) is 0 Å². The molecule has 0 N–H and O–H groups in total. The number of nitriles is 1.